The van der Waals surface area contributed by atoms with Crippen LogP contribution in [0.3, 0.4) is 0 Å². The quantitative estimate of drug-likeness (QED) is 0.644. The molecule has 0 aliphatic heterocycles. The van der Waals surface area contributed by atoms with Crippen molar-refractivity contribution in [3.63, 3.8) is 0 Å². The zero-order valence-corrected chi connectivity index (χ0v) is 12.9. The fourth-order valence-electron chi connectivity index (χ4n) is 3.00. The van der Waals surface area contributed by atoms with Crippen LogP contribution in [-0.2, 0) is 22.4 Å². The molecule has 1 aromatic carbocycles. The monoisotopic (exact) mass is 302 g/mol. The van der Waals surface area contributed by atoms with E-state index < -0.39 is 12.1 Å². The highest BCUT2D eigenvalue weighted by atomic mass is 16.6. The zero-order chi connectivity index (χ0) is 15.9. The molecule has 1 atom stereocenters. The summed E-state index contributed by atoms with van der Waals surface area (Å²) in [5, 5.41) is 0.961. The van der Waals surface area contributed by atoms with E-state index in [-0.39, 0.29) is 5.63 Å². The molecule has 0 spiro atoms. The molecule has 1 unspecified atom stereocenters. The van der Waals surface area contributed by atoms with Gasteiger partial charge in [0.1, 0.15) is 11.3 Å². The fourth-order valence-corrected chi connectivity index (χ4v) is 3.00. The van der Waals surface area contributed by atoms with Crippen LogP contribution in [-0.4, -0.2) is 19.2 Å². The van der Waals surface area contributed by atoms with Crippen LogP contribution in [0.15, 0.2) is 21.3 Å². The van der Waals surface area contributed by atoms with Crippen LogP contribution in [0.5, 0.6) is 5.75 Å². The van der Waals surface area contributed by atoms with Crippen LogP contribution >= 0.6 is 0 Å². The maximum atomic E-state index is 12.1. The van der Waals surface area contributed by atoms with Gasteiger partial charge in [-0.15, -0.1) is 0 Å². The van der Waals surface area contributed by atoms with Gasteiger partial charge in [0, 0.05) is 16.5 Å². The lowest BCUT2D eigenvalue weighted by atomic mass is 10.0. The van der Waals surface area contributed by atoms with E-state index in [0.29, 0.717) is 11.3 Å². The molecular weight excluding hydrogens is 284 g/mol. The fraction of sp³-hybridized carbons (Fsp3) is 0.412. The number of carbonyl (C=O) groups excluding carboxylic acids is 1. The second-order valence-electron chi connectivity index (χ2n) is 5.55. The number of benzene rings is 1. The summed E-state index contributed by atoms with van der Waals surface area (Å²) in [5.74, 6) is 0.0707. The van der Waals surface area contributed by atoms with Crippen molar-refractivity contribution in [2.75, 3.05) is 7.11 Å². The Labute approximate surface area is 127 Å². The molecule has 1 aromatic heterocycles. The minimum Gasteiger partial charge on any atom is -0.479 e. The first-order valence-corrected chi connectivity index (χ1v) is 7.35. The molecule has 0 fully saturated rings. The molecule has 0 amide bonds. The number of aryl methyl sites for hydroxylation is 2. The van der Waals surface area contributed by atoms with Crippen LogP contribution in [0.25, 0.3) is 11.0 Å². The van der Waals surface area contributed by atoms with Crippen molar-refractivity contribution in [3.8, 4) is 5.75 Å². The molecule has 1 aliphatic carbocycles. The van der Waals surface area contributed by atoms with E-state index in [2.05, 4.69) is 4.74 Å². The van der Waals surface area contributed by atoms with Crippen LogP contribution in [0.1, 0.15) is 30.0 Å². The number of carbonyl (C=O) groups is 1. The van der Waals surface area contributed by atoms with Crippen molar-refractivity contribution in [3.05, 3.63) is 39.2 Å². The van der Waals surface area contributed by atoms with Crippen molar-refractivity contribution >= 4 is 16.9 Å². The van der Waals surface area contributed by atoms with Gasteiger partial charge in [-0.3, -0.25) is 0 Å². The summed E-state index contributed by atoms with van der Waals surface area (Å²) in [5.41, 5.74) is 2.88. The molecule has 1 heterocycles. The summed E-state index contributed by atoms with van der Waals surface area (Å²) in [7, 11) is 1.32. The molecule has 1 aliphatic rings. The molecular formula is C17H18O5. The smallest absolute Gasteiger partial charge is 0.346 e. The van der Waals surface area contributed by atoms with Gasteiger partial charge in [-0.05, 0) is 50.8 Å². The normalized spacial score (nSPS) is 14.7. The minimum absolute atomic E-state index is 0.263. The molecule has 0 saturated heterocycles. The number of methoxy groups -OCH3 is 1. The number of hydrogen-bond acceptors (Lipinski definition) is 5. The third kappa shape index (κ3) is 2.26. The Morgan fingerprint density at radius 2 is 2.00 bits per heavy atom. The Morgan fingerprint density at radius 3 is 2.73 bits per heavy atom. The van der Waals surface area contributed by atoms with Crippen LogP contribution in [0.2, 0.25) is 0 Å². The Bertz CT molecular complexity index is 803. The summed E-state index contributed by atoms with van der Waals surface area (Å²) in [6.45, 7) is 3.44. The number of fused-ring (bicyclic) bond motifs is 3. The van der Waals surface area contributed by atoms with Crippen LogP contribution in [0, 0.1) is 6.92 Å². The van der Waals surface area contributed by atoms with Crippen molar-refractivity contribution in [2.24, 2.45) is 0 Å². The van der Waals surface area contributed by atoms with Gasteiger partial charge in [0.05, 0.1) is 7.11 Å². The summed E-state index contributed by atoms with van der Waals surface area (Å²) in [4.78, 5) is 23.6. The van der Waals surface area contributed by atoms with E-state index in [0.717, 1.165) is 41.3 Å². The highest BCUT2D eigenvalue weighted by molar-refractivity contribution is 5.86. The average molecular weight is 302 g/mol. The first-order valence-electron chi connectivity index (χ1n) is 7.35. The van der Waals surface area contributed by atoms with Gasteiger partial charge in [0.15, 0.2) is 6.10 Å². The Balaban J connectivity index is 2.09. The van der Waals surface area contributed by atoms with Gasteiger partial charge in [0.2, 0.25) is 0 Å². The molecule has 0 saturated carbocycles. The standard InChI is InChI=1S/C17H18O5/c1-9-14(21-10(2)16(18)20-3)8-7-12-11-5-4-6-13(11)17(19)22-15(9)12/h7-8,10H,4-6H2,1-3H3. The molecule has 2 aromatic rings. The van der Waals surface area contributed by atoms with Crippen molar-refractivity contribution < 1.29 is 18.7 Å². The Morgan fingerprint density at radius 1 is 1.27 bits per heavy atom. The zero-order valence-electron chi connectivity index (χ0n) is 12.9. The van der Waals surface area contributed by atoms with Gasteiger partial charge in [-0.2, -0.15) is 0 Å². The summed E-state index contributed by atoms with van der Waals surface area (Å²) in [6.07, 6.45) is 1.94. The van der Waals surface area contributed by atoms with Gasteiger partial charge in [-0.25, -0.2) is 9.59 Å². The molecule has 3 rings (SSSR count). The third-order valence-electron chi connectivity index (χ3n) is 4.18. The van der Waals surface area contributed by atoms with E-state index in [1.165, 1.54) is 7.11 Å². The lowest BCUT2D eigenvalue weighted by Crippen LogP contribution is -2.25. The topological polar surface area (TPSA) is 65.7 Å². The first kappa shape index (κ1) is 14.6. The highest BCUT2D eigenvalue weighted by Gasteiger charge is 2.22. The maximum absolute atomic E-state index is 12.1. The van der Waals surface area contributed by atoms with Crippen molar-refractivity contribution in [1.82, 2.24) is 0 Å². The molecule has 5 nitrogen and oxygen atoms in total. The Hall–Kier alpha value is -2.30. The number of hydrogen-bond donors (Lipinski definition) is 0. The summed E-state index contributed by atoms with van der Waals surface area (Å²) < 4.78 is 15.8. The Kier molecular flexibility index (Phi) is 3.64. The van der Waals surface area contributed by atoms with Crippen molar-refractivity contribution in [1.29, 1.82) is 0 Å². The molecule has 0 radical (unpaired) electrons. The lowest BCUT2D eigenvalue weighted by Gasteiger charge is -2.15. The number of ether oxygens (including phenoxy) is 2. The summed E-state index contributed by atoms with van der Waals surface area (Å²) in [6, 6.07) is 3.71. The molecule has 22 heavy (non-hydrogen) atoms. The lowest BCUT2D eigenvalue weighted by molar-refractivity contribution is -0.147. The second kappa shape index (κ2) is 5.48. The van der Waals surface area contributed by atoms with E-state index in [4.69, 9.17) is 9.15 Å². The van der Waals surface area contributed by atoms with Gasteiger partial charge in [0.25, 0.3) is 0 Å². The molecule has 0 bridgehead atoms. The van der Waals surface area contributed by atoms with E-state index in [9.17, 15) is 9.59 Å². The van der Waals surface area contributed by atoms with Crippen molar-refractivity contribution in [2.45, 2.75) is 39.2 Å². The van der Waals surface area contributed by atoms with Crippen LogP contribution < -0.4 is 10.4 Å². The highest BCUT2D eigenvalue weighted by Crippen LogP contribution is 2.33. The average Bonchev–Trinajstić information content (AvgIpc) is 3.00. The predicted octanol–water partition coefficient (Wildman–Crippen LogP) is 2.53. The molecule has 0 N–H and O–H groups in total. The third-order valence-corrected chi connectivity index (χ3v) is 4.18. The van der Waals surface area contributed by atoms with Crippen LogP contribution in [0.4, 0.5) is 0 Å². The van der Waals surface area contributed by atoms with E-state index in [1.807, 2.05) is 19.1 Å². The first-order chi connectivity index (χ1) is 10.5. The van der Waals surface area contributed by atoms with Gasteiger partial charge in [-0.1, -0.05) is 0 Å². The predicted molar refractivity (Wildman–Crippen MR) is 81.4 cm³/mol. The minimum atomic E-state index is -0.720. The molecule has 5 heteroatoms. The van der Waals surface area contributed by atoms with Gasteiger partial charge >= 0.3 is 11.6 Å². The number of rotatable bonds is 3. The largest absolute Gasteiger partial charge is 0.479 e. The molecule has 116 valence electrons. The van der Waals surface area contributed by atoms with Gasteiger partial charge < -0.3 is 13.9 Å². The SMILES string of the molecule is COC(=O)C(C)Oc1ccc2c3c(c(=O)oc2c1C)CCC3. The second-order valence-corrected chi connectivity index (χ2v) is 5.55. The number of esters is 1. The van der Waals surface area contributed by atoms with E-state index >= 15 is 0 Å². The maximum Gasteiger partial charge on any atom is 0.346 e. The summed E-state index contributed by atoms with van der Waals surface area (Å²) >= 11 is 0. The van der Waals surface area contributed by atoms with E-state index in [1.54, 1.807) is 6.92 Å².